The first-order valence-electron chi connectivity index (χ1n) is 7.30. The lowest BCUT2D eigenvalue weighted by Gasteiger charge is -2.13. The van der Waals surface area contributed by atoms with E-state index < -0.39 is 0 Å². The molecule has 0 aliphatic rings. The Morgan fingerprint density at radius 1 is 1.40 bits per heavy atom. The first-order valence-corrected chi connectivity index (χ1v) is 7.30. The zero-order valence-corrected chi connectivity index (χ0v) is 12.7. The molecule has 1 amide bonds. The van der Waals surface area contributed by atoms with Crippen molar-refractivity contribution in [1.82, 2.24) is 0 Å². The maximum atomic E-state index is 12.0. The molecule has 0 aliphatic carbocycles. The highest BCUT2D eigenvalue weighted by molar-refractivity contribution is 5.92. The Morgan fingerprint density at radius 3 is 2.80 bits per heavy atom. The van der Waals surface area contributed by atoms with Crippen molar-refractivity contribution >= 4 is 11.6 Å². The van der Waals surface area contributed by atoms with E-state index in [1.165, 1.54) is 0 Å². The van der Waals surface area contributed by atoms with E-state index in [1.807, 2.05) is 32.0 Å². The monoisotopic (exact) mass is 278 g/mol. The summed E-state index contributed by atoms with van der Waals surface area (Å²) in [7, 11) is 0. The number of aryl methyl sites for hydroxylation is 1. The summed E-state index contributed by atoms with van der Waals surface area (Å²) in [5.41, 5.74) is 7.37. The zero-order valence-electron chi connectivity index (χ0n) is 12.7. The van der Waals surface area contributed by atoms with Gasteiger partial charge in [-0.1, -0.05) is 13.0 Å². The largest absolute Gasteiger partial charge is 0.492 e. The number of hydrogen-bond donors (Lipinski definition) is 2. The van der Waals surface area contributed by atoms with Crippen molar-refractivity contribution in [2.75, 3.05) is 18.5 Å². The molecule has 0 bridgehead atoms. The van der Waals surface area contributed by atoms with Gasteiger partial charge >= 0.3 is 0 Å². The van der Waals surface area contributed by atoms with Crippen molar-refractivity contribution in [1.29, 1.82) is 0 Å². The smallest absolute Gasteiger partial charge is 0.224 e. The average molecular weight is 278 g/mol. The first-order chi connectivity index (χ1) is 9.56. The molecule has 0 spiro atoms. The topological polar surface area (TPSA) is 64.3 Å². The quantitative estimate of drug-likeness (QED) is 0.768. The highest BCUT2D eigenvalue weighted by Crippen LogP contribution is 2.26. The van der Waals surface area contributed by atoms with Gasteiger partial charge in [0.2, 0.25) is 5.91 Å². The molecule has 0 saturated carbocycles. The minimum atomic E-state index is 0.0266. The molecule has 4 nitrogen and oxygen atoms in total. The fraction of sp³-hybridized carbons (Fsp3) is 0.562. The van der Waals surface area contributed by atoms with Crippen molar-refractivity contribution in [2.45, 2.75) is 40.0 Å². The Bertz CT molecular complexity index is 432. The van der Waals surface area contributed by atoms with Gasteiger partial charge in [-0.25, -0.2) is 0 Å². The minimum Gasteiger partial charge on any atom is -0.492 e. The lowest BCUT2D eigenvalue weighted by atomic mass is 10.0. The maximum absolute atomic E-state index is 12.0. The summed E-state index contributed by atoms with van der Waals surface area (Å²) in [4.78, 5) is 12.0. The van der Waals surface area contributed by atoms with Crippen LogP contribution in [-0.2, 0) is 4.79 Å². The van der Waals surface area contributed by atoms with Gasteiger partial charge in [-0.3, -0.25) is 4.79 Å². The van der Waals surface area contributed by atoms with Crippen LogP contribution in [0, 0.1) is 12.8 Å². The predicted molar refractivity (Wildman–Crippen MR) is 83.0 cm³/mol. The van der Waals surface area contributed by atoms with Crippen LogP contribution in [0.2, 0.25) is 0 Å². The number of rotatable bonds is 8. The Kier molecular flexibility index (Phi) is 7.09. The molecule has 0 radical (unpaired) electrons. The molecule has 1 aromatic rings. The third kappa shape index (κ3) is 5.61. The third-order valence-corrected chi connectivity index (χ3v) is 3.23. The molecule has 1 aromatic carbocycles. The molecule has 112 valence electrons. The van der Waals surface area contributed by atoms with Crippen molar-refractivity contribution in [3.05, 3.63) is 23.8 Å². The van der Waals surface area contributed by atoms with Gasteiger partial charge in [-0.2, -0.15) is 0 Å². The second kappa shape index (κ2) is 8.59. The number of nitrogens with two attached hydrogens (primary N) is 1. The number of amides is 1. The second-order valence-corrected chi connectivity index (χ2v) is 5.20. The van der Waals surface area contributed by atoms with Crippen LogP contribution < -0.4 is 15.8 Å². The van der Waals surface area contributed by atoms with Gasteiger partial charge in [0.15, 0.2) is 0 Å². The van der Waals surface area contributed by atoms with Gasteiger partial charge in [-0.05, 0) is 56.8 Å². The summed E-state index contributed by atoms with van der Waals surface area (Å²) in [5.74, 6) is 1.24. The predicted octanol–water partition coefficient (Wildman–Crippen LogP) is 3.10. The van der Waals surface area contributed by atoms with E-state index in [1.54, 1.807) is 0 Å². The van der Waals surface area contributed by atoms with Crippen LogP contribution in [-0.4, -0.2) is 19.1 Å². The van der Waals surface area contributed by atoms with Crippen molar-refractivity contribution < 1.29 is 9.53 Å². The zero-order chi connectivity index (χ0) is 15.0. The number of benzene rings is 1. The number of hydrogen-bond acceptors (Lipinski definition) is 3. The van der Waals surface area contributed by atoms with E-state index >= 15 is 0 Å². The second-order valence-electron chi connectivity index (χ2n) is 5.20. The molecule has 0 aliphatic heterocycles. The van der Waals surface area contributed by atoms with Crippen molar-refractivity contribution in [3.63, 3.8) is 0 Å². The van der Waals surface area contributed by atoms with Crippen LogP contribution in [0.3, 0.4) is 0 Å². The maximum Gasteiger partial charge on any atom is 0.224 e. The van der Waals surface area contributed by atoms with Crippen LogP contribution >= 0.6 is 0 Å². The fourth-order valence-corrected chi connectivity index (χ4v) is 2.03. The number of ether oxygens (including phenoxy) is 1. The van der Waals surface area contributed by atoms with Gasteiger partial charge in [-0.15, -0.1) is 0 Å². The van der Waals surface area contributed by atoms with Crippen LogP contribution in [0.4, 0.5) is 5.69 Å². The number of nitrogens with one attached hydrogen (secondary N) is 1. The Hall–Kier alpha value is -1.55. The molecule has 0 fully saturated rings. The van der Waals surface area contributed by atoms with E-state index in [0.717, 1.165) is 29.8 Å². The summed E-state index contributed by atoms with van der Waals surface area (Å²) < 4.78 is 5.55. The van der Waals surface area contributed by atoms with Crippen LogP contribution in [0.25, 0.3) is 0 Å². The first kappa shape index (κ1) is 16.5. The molecule has 4 heteroatoms. The Morgan fingerprint density at radius 2 is 2.15 bits per heavy atom. The average Bonchev–Trinajstić information content (AvgIpc) is 2.40. The van der Waals surface area contributed by atoms with Crippen LogP contribution in [0.15, 0.2) is 18.2 Å². The fourth-order valence-electron chi connectivity index (χ4n) is 2.03. The molecule has 1 unspecified atom stereocenters. The van der Waals surface area contributed by atoms with Crippen LogP contribution in [0.5, 0.6) is 5.75 Å². The molecule has 3 N–H and O–H groups in total. The number of carbonyl (C=O) groups is 1. The standard InChI is InChI=1S/C16H26N2O2/c1-4-20-15-11-13(3)5-7-14(15)18-16(19)8-6-12(2)9-10-17/h5,7,11-12H,4,6,8-10,17H2,1-3H3,(H,18,19). The van der Waals surface area contributed by atoms with Gasteiger partial charge in [0.1, 0.15) is 5.75 Å². The van der Waals surface area contributed by atoms with Gasteiger partial charge in [0.05, 0.1) is 12.3 Å². The molecular formula is C16H26N2O2. The van der Waals surface area contributed by atoms with E-state index in [2.05, 4.69) is 12.2 Å². The van der Waals surface area contributed by atoms with E-state index in [-0.39, 0.29) is 5.91 Å². The summed E-state index contributed by atoms with van der Waals surface area (Å²) in [6.45, 7) is 7.32. The van der Waals surface area contributed by atoms with Crippen molar-refractivity contribution in [2.24, 2.45) is 11.7 Å². The summed E-state index contributed by atoms with van der Waals surface area (Å²) >= 11 is 0. The summed E-state index contributed by atoms with van der Waals surface area (Å²) in [6, 6.07) is 5.80. The van der Waals surface area contributed by atoms with Crippen LogP contribution in [0.1, 0.15) is 38.7 Å². The highest BCUT2D eigenvalue weighted by atomic mass is 16.5. The molecule has 0 heterocycles. The highest BCUT2D eigenvalue weighted by Gasteiger charge is 2.10. The van der Waals surface area contributed by atoms with E-state index in [0.29, 0.717) is 25.5 Å². The number of anilines is 1. The Balaban J connectivity index is 2.57. The molecule has 1 atom stereocenters. The molecule has 20 heavy (non-hydrogen) atoms. The number of carbonyl (C=O) groups excluding carboxylic acids is 1. The van der Waals surface area contributed by atoms with E-state index in [4.69, 9.17) is 10.5 Å². The third-order valence-electron chi connectivity index (χ3n) is 3.23. The van der Waals surface area contributed by atoms with E-state index in [9.17, 15) is 4.79 Å². The Labute approximate surface area is 121 Å². The summed E-state index contributed by atoms with van der Waals surface area (Å²) in [6.07, 6.45) is 2.33. The van der Waals surface area contributed by atoms with Gasteiger partial charge in [0, 0.05) is 6.42 Å². The normalized spacial score (nSPS) is 12.0. The van der Waals surface area contributed by atoms with Crippen molar-refractivity contribution in [3.8, 4) is 5.75 Å². The minimum absolute atomic E-state index is 0.0266. The molecule has 0 saturated heterocycles. The molecular weight excluding hydrogens is 252 g/mol. The molecule has 0 aromatic heterocycles. The van der Waals surface area contributed by atoms with Gasteiger partial charge < -0.3 is 15.8 Å². The SMILES string of the molecule is CCOc1cc(C)ccc1NC(=O)CCC(C)CCN. The lowest BCUT2D eigenvalue weighted by molar-refractivity contribution is -0.116. The van der Waals surface area contributed by atoms with Gasteiger partial charge in [0.25, 0.3) is 0 Å². The lowest BCUT2D eigenvalue weighted by Crippen LogP contribution is -2.14. The molecule has 1 rings (SSSR count). The summed E-state index contributed by atoms with van der Waals surface area (Å²) in [5, 5.41) is 2.92.